The van der Waals surface area contributed by atoms with Gasteiger partial charge < -0.3 is 20.4 Å². The van der Waals surface area contributed by atoms with Gasteiger partial charge >= 0.3 is 5.97 Å². The number of fused-ring (bicyclic) bond motifs is 3. The van der Waals surface area contributed by atoms with E-state index in [9.17, 15) is 14.7 Å². The van der Waals surface area contributed by atoms with Crippen LogP contribution in [0.15, 0.2) is 30.5 Å². The van der Waals surface area contributed by atoms with Gasteiger partial charge in [0.05, 0.1) is 0 Å². The maximum absolute atomic E-state index is 13.1. The highest BCUT2D eigenvalue weighted by molar-refractivity contribution is 5.96. The van der Waals surface area contributed by atoms with E-state index in [1.165, 1.54) is 0 Å². The normalized spacial score (nSPS) is 21.2. The first kappa shape index (κ1) is 17.1. The maximum Gasteiger partial charge on any atom is 0.326 e. The van der Waals surface area contributed by atoms with Gasteiger partial charge in [-0.25, -0.2) is 4.79 Å². The second-order valence-electron chi connectivity index (χ2n) is 6.75. The average Bonchev–Trinajstić information content (AvgIpc) is 3.19. The first-order valence-corrected chi connectivity index (χ1v) is 8.97. The zero-order valence-corrected chi connectivity index (χ0v) is 15.2. The molecule has 0 spiro atoms. The number of hydrogen-bond donors (Lipinski definition) is 4. The van der Waals surface area contributed by atoms with E-state index in [2.05, 4.69) is 15.3 Å². The molecule has 0 bridgehead atoms. The van der Waals surface area contributed by atoms with E-state index in [1.807, 2.05) is 56.5 Å². The van der Waals surface area contributed by atoms with E-state index in [4.69, 9.17) is 0 Å². The molecule has 4 rings (SSSR count). The first-order valence-electron chi connectivity index (χ1n) is 8.97. The van der Waals surface area contributed by atoms with Gasteiger partial charge in [-0.05, 0) is 36.3 Å². The molecule has 1 aliphatic heterocycles. The number of H-pyrrole nitrogens is 2. The predicted octanol–water partition coefficient (Wildman–Crippen LogP) is 1.35. The zero-order chi connectivity index (χ0) is 19.1. The SMILES string of the molecule is C/C=c1/c([C@H]2C(=O)NC(C(=O)O)Cc3c2[nH]c2ccccc32)c[nH]/c1=C/C. The van der Waals surface area contributed by atoms with Crippen LogP contribution in [0.5, 0.6) is 0 Å². The molecular formula is C21H21N3O3. The van der Waals surface area contributed by atoms with Gasteiger partial charge in [0.2, 0.25) is 5.91 Å². The topological polar surface area (TPSA) is 98.0 Å². The number of nitrogens with one attached hydrogen (secondary N) is 3. The lowest BCUT2D eigenvalue weighted by Crippen LogP contribution is -2.43. The van der Waals surface area contributed by atoms with E-state index < -0.39 is 17.9 Å². The van der Waals surface area contributed by atoms with Gasteiger partial charge in [-0.15, -0.1) is 0 Å². The van der Waals surface area contributed by atoms with Crippen LogP contribution in [0.2, 0.25) is 0 Å². The highest BCUT2D eigenvalue weighted by Crippen LogP contribution is 2.34. The molecule has 3 heterocycles. The van der Waals surface area contributed by atoms with Crippen molar-refractivity contribution in [3.63, 3.8) is 0 Å². The van der Waals surface area contributed by atoms with Crippen molar-refractivity contribution in [2.24, 2.45) is 0 Å². The highest BCUT2D eigenvalue weighted by Gasteiger charge is 2.36. The van der Waals surface area contributed by atoms with Crippen molar-refractivity contribution < 1.29 is 14.7 Å². The van der Waals surface area contributed by atoms with Crippen LogP contribution in [-0.4, -0.2) is 33.0 Å². The lowest BCUT2D eigenvalue weighted by Gasteiger charge is -2.15. The molecule has 1 amide bonds. The van der Waals surface area contributed by atoms with E-state index >= 15 is 0 Å². The Kier molecular flexibility index (Phi) is 4.11. The Bertz CT molecular complexity index is 1170. The highest BCUT2D eigenvalue weighted by atomic mass is 16.4. The summed E-state index contributed by atoms with van der Waals surface area (Å²) in [7, 11) is 0. The van der Waals surface area contributed by atoms with Gasteiger partial charge in [-0.1, -0.05) is 30.4 Å². The number of amides is 1. The van der Waals surface area contributed by atoms with Gasteiger partial charge in [0, 0.05) is 34.6 Å². The Morgan fingerprint density at radius 2 is 2.00 bits per heavy atom. The van der Waals surface area contributed by atoms with Crippen molar-refractivity contribution in [1.82, 2.24) is 15.3 Å². The summed E-state index contributed by atoms with van der Waals surface area (Å²) in [6.07, 6.45) is 6.01. The molecule has 27 heavy (non-hydrogen) atoms. The molecule has 2 atom stereocenters. The molecule has 138 valence electrons. The first-order chi connectivity index (χ1) is 13.0. The fraction of sp³-hybridized carbons (Fsp3) is 0.238. The number of carbonyl (C=O) groups excluding carboxylic acids is 1. The minimum atomic E-state index is -1.03. The molecule has 0 saturated heterocycles. The van der Waals surface area contributed by atoms with Gasteiger partial charge in [0.25, 0.3) is 0 Å². The number of aromatic amines is 2. The number of para-hydroxylation sites is 1. The number of rotatable bonds is 2. The summed E-state index contributed by atoms with van der Waals surface area (Å²) in [4.78, 5) is 31.4. The predicted molar refractivity (Wildman–Crippen MR) is 104 cm³/mol. The van der Waals surface area contributed by atoms with Crippen LogP contribution in [0.4, 0.5) is 0 Å². The monoisotopic (exact) mass is 363 g/mol. The Labute approximate surface area is 155 Å². The summed E-state index contributed by atoms with van der Waals surface area (Å²) in [6.45, 7) is 3.87. The molecule has 0 saturated carbocycles. The molecule has 2 aromatic heterocycles. The lowest BCUT2D eigenvalue weighted by molar-refractivity contribution is -0.141. The molecule has 3 aromatic rings. The molecule has 0 radical (unpaired) electrons. The van der Waals surface area contributed by atoms with E-state index in [0.717, 1.165) is 38.3 Å². The number of carboxylic acids is 1. The molecule has 4 N–H and O–H groups in total. The van der Waals surface area contributed by atoms with E-state index in [0.29, 0.717) is 0 Å². The summed E-state index contributed by atoms with van der Waals surface area (Å²) in [6, 6.07) is 6.81. The number of carbonyl (C=O) groups is 2. The van der Waals surface area contributed by atoms with Crippen LogP contribution in [0, 0.1) is 0 Å². The molecule has 6 heteroatoms. The average molecular weight is 363 g/mol. The summed E-state index contributed by atoms with van der Waals surface area (Å²) in [5.41, 5.74) is 3.39. The Balaban J connectivity index is 2.02. The van der Waals surface area contributed by atoms with Gasteiger partial charge in [0.1, 0.15) is 12.0 Å². The molecular weight excluding hydrogens is 342 g/mol. The molecule has 1 unspecified atom stereocenters. The van der Waals surface area contributed by atoms with Crippen molar-refractivity contribution in [3.8, 4) is 0 Å². The second-order valence-corrected chi connectivity index (χ2v) is 6.75. The Morgan fingerprint density at radius 3 is 2.70 bits per heavy atom. The van der Waals surface area contributed by atoms with Crippen molar-refractivity contribution in [1.29, 1.82) is 0 Å². The third kappa shape index (κ3) is 2.65. The molecule has 1 aromatic carbocycles. The summed E-state index contributed by atoms with van der Waals surface area (Å²) < 4.78 is 0. The van der Waals surface area contributed by atoms with Crippen LogP contribution < -0.4 is 15.9 Å². The van der Waals surface area contributed by atoms with Crippen LogP contribution in [0.1, 0.15) is 36.6 Å². The summed E-state index contributed by atoms with van der Waals surface area (Å²) in [5.74, 6) is -1.94. The van der Waals surface area contributed by atoms with Crippen LogP contribution in [-0.2, 0) is 16.0 Å². The third-order valence-corrected chi connectivity index (χ3v) is 5.29. The Hall–Kier alpha value is -3.28. The number of benzene rings is 1. The van der Waals surface area contributed by atoms with Crippen LogP contribution in [0.3, 0.4) is 0 Å². The fourth-order valence-electron chi connectivity index (χ4n) is 4.04. The van der Waals surface area contributed by atoms with Crippen molar-refractivity contribution in [3.05, 3.63) is 57.9 Å². The van der Waals surface area contributed by atoms with Crippen molar-refractivity contribution in [2.45, 2.75) is 32.2 Å². The van der Waals surface area contributed by atoms with Crippen molar-refractivity contribution >= 4 is 34.9 Å². The smallest absolute Gasteiger partial charge is 0.326 e. The summed E-state index contributed by atoms with van der Waals surface area (Å²) in [5, 5.41) is 15.1. The largest absolute Gasteiger partial charge is 0.480 e. The molecule has 1 aliphatic rings. The second kappa shape index (κ2) is 6.46. The van der Waals surface area contributed by atoms with E-state index in [1.54, 1.807) is 0 Å². The molecule has 6 nitrogen and oxygen atoms in total. The number of aromatic nitrogens is 2. The van der Waals surface area contributed by atoms with Crippen LogP contribution in [0.25, 0.3) is 23.1 Å². The minimum absolute atomic E-state index is 0.249. The lowest BCUT2D eigenvalue weighted by atomic mass is 9.92. The van der Waals surface area contributed by atoms with Crippen molar-refractivity contribution in [2.75, 3.05) is 0 Å². The van der Waals surface area contributed by atoms with Gasteiger partial charge in [0.15, 0.2) is 0 Å². The molecule has 0 fully saturated rings. The zero-order valence-electron chi connectivity index (χ0n) is 15.2. The van der Waals surface area contributed by atoms with E-state index in [-0.39, 0.29) is 12.3 Å². The maximum atomic E-state index is 13.1. The molecule has 0 aliphatic carbocycles. The quantitative estimate of drug-likeness (QED) is 0.553. The third-order valence-electron chi connectivity index (χ3n) is 5.29. The minimum Gasteiger partial charge on any atom is -0.480 e. The number of hydrogen-bond acceptors (Lipinski definition) is 2. The number of carboxylic acid groups (broad SMARTS) is 1. The summed E-state index contributed by atoms with van der Waals surface area (Å²) >= 11 is 0. The standard InChI is InChI=1S/C21H21N3O3/c1-3-11-14(10-22-15(11)4-2)18-19-13(9-17(21(26)27)24-20(18)25)12-7-5-6-8-16(12)23-19/h3-8,10,17-18,22-23H,9H2,1-2H3,(H,24,25)(H,26,27)/b11-3-,15-4+/t17?,18-/m1/s1. The number of aliphatic carboxylic acids is 1. The van der Waals surface area contributed by atoms with Gasteiger partial charge in [-0.3, -0.25) is 4.79 Å². The van der Waals surface area contributed by atoms with Gasteiger partial charge in [-0.2, -0.15) is 0 Å². The fourth-order valence-corrected chi connectivity index (χ4v) is 4.04. The Morgan fingerprint density at radius 1 is 1.22 bits per heavy atom. The van der Waals surface area contributed by atoms with Crippen LogP contribution >= 0.6 is 0 Å².